The zero-order chi connectivity index (χ0) is 12.1. The minimum Gasteiger partial charge on any atom is -0.388 e. The van der Waals surface area contributed by atoms with E-state index < -0.39 is 5.60 Å². The van der Waals surface area contributed by atoms with Crippen molar-refractivity contribution in [2.24, 2.45) is 23.5 Å². The molecule has 2 bridgehead atoms. The SMILES string of the molecule is CC1CCCC(O)(C2(N)CC3CCC2CC3)C1. The Kier molecular flexibility index (Phi) is 2.79. The lowest BCUT2D eigenvalue weighted by Crippen LogP contribution is -2.69. The van der Waals surface area contributed by atoms with Crippen LogP contribution >= 0.6 is 0 Å². The third-order valence-corrected chi connectivity index (χ3v) is 6.04. The van der Waals surface area contributed by atoms with Gasteiger partial charge in [-0.25, -0.2) is 0 Å². The average Bonchev–Trinajstić information content (AvgIpc) is 2.29. The van der Waals surface area contributed by atoms with E-state index in [9.17, 15) is 5.11 Å². The van der Waals surface area contributed by atoms with Crippen molar-refractivity contribution in [3.05, 3.63) is 0 Å². The molecule has 4 fully saturated rings. The molecule has 3 unspecified atom stereocenters. The van der Waals surface area contributed by atoms with Gasteiger partial charge in [0.1, 0.15) is 0 Å². The summed E-state index contributed by atoms with van der Waals surface area (Å²) in [5, 5.41) is 11.1. The number of nitrogens with two attached hydrogens (primary N) is 1. The van der Waals surface area contributed by atoms with Crippen LogP contribution in [-0.2, 0) is 0 Å². The topological polar surface area (TPSA) is 46.2 Å². The van der Waals surface area contributed by atoms with Crippen LogP contribution < -0.4 is 5.73 Å². The zero-order valence-corrected chi connectivity index (χ0v) is 11.1. The molecule has 0 aromatic carbocycles. The predicted molar refractivity (Wildman–Crippen MR) is 69.6 cm³/mol. The molecule has 4 rings (SSSR count). The molecule has 0 radical (unpaired) electrons. The Morgan fingerprint density at radius 2 is 1.76 bits per heavy atom. The summed E-state index contributed by atoms with van der Waals surface area (Å²) in [6, 6.07) is 0. The molecule has 4 saturated carbocycles. The largest absolute Gasteiger partial charge is 0.388 e. The smallest absolute Gasteiger partial charge is 0.0831 e. The maximum atomic E-state index is 11.1. The average molecular weight is 237 g/mol. The number of rotatable bonds is 1. The van der Waals surface area contributed by atoms with Gasteiger partial charge < -0.3 is 10.8 Å². The van der Waals surface area contributed by atoms with E-state index in [1.807, 2.05) is 0 Å². The molecule has 0 saturated heterocycles. The predicted octanol–water partition coefficient (Wildman–Crippen LogP) is 2.84. The monoisotopic (exact) mass is 237 g/mol. The van der Waals surface area contributed by atoms with Gasteiger partial charge in [-0.2, -0.15) is 0 Å². The first kappa shape index (κ1) is 12.0. The van der Waals surface area contributed by atoms with Gasteiger partial charge in [-0.3, -0.25) is 0 Å². The van der Waals surface area contributed by atoms with E-state index in [1.54, 1.807) is 0 Å². The minimum absolute atomic E-state index is 0.261. The lowest BCUT2D eigenvalue weighted by molar-refractivity contribution is -0.132. The molecule has 0 aromatic heterocycles. The van der Waals surface area contributed by atoms with Gasteiger partial charge in [0.2, 0.25) is 0 Å². The van der Waals surface area contributed by atoms with Crippen molar-refractivity contribution in [3.8, 4) is 0 Å². The van der Waals surface area contributed by atoms with Gasteiger partial charge in [-0.1, -0.05) is 32.6 Å². The molecule has 98 valence electrons. The summed E-state index contributed by atoms with van der Waals surface area (Å²) in [7, 11) is 0. The maximum absolute atomic E-state index is 11.1. The van der Waals surface area contributed by atoms with Gasteiger partial charge >= 0.3 is 0 Å². The third kappa shape index (κ3) is 1.76. The van der Waals surface area contributed by atoms with Crippen LogP contribution in [-0.4, -0.2) is 16.2 Å². The molecular weight excluding hydrogens is 210 g/mol. The van der Waals surface area contributed by atoms with Crippen molar-refractivity contribution < 1.29 is 5.11 Å². The number of hydrogen-bond acceptors (Lipinski definition) is 2. The molecule has 2 nitrogen and oxygen atoms in total. The highest BCUT2D eigenvalue weighted by Gasteiger charge is 2.57. The van der Waals surface area contributed by atoms with Gasteiger partial charge in [-0.05, 0) is 49.9 Å². The Morgan fingerprint density at radius 1 is 1.06 bits per heavy atom. The van der Waals surface area contributed by atoms with Gasteiger partial charge in [0.25, 0.3) is 0 Å². The van der Waals surface area contributed by atoms with Crippen LogP contribution in [0.2, 0.25) is 0 Å². The first-order valence-electron chi connectivity index (χ1n) is 7.55. The van der Waals surface area contributed by atoms with E-state index in [0.717, 1.165) is 31.6 Å². The second-order valence-corrected chi connectivity index (χ2v) is 7.20. The number of fused-ring (bicyclic) bond motifs is 3. The number of aliphatic hydroxyl groups is 1. The van der Waals surface area contributed by atoms with E-state index in [2.05, 4.69) is 6.92 Å². The summed E-state index contributed by atoms with van der Waals surface area (Å²) in [5.74, 6) is 2.03. The Morgan fingerprint density at radius 3 is 2.29 bits per heavy atom. The molecule has 2 heteroatoms. The second-order valence-electron chi connectivity index (χ2n) is 7.20. The molecule has 0 heterocycles. The lowest BCUT2D eigenvalue weighted by atomic mass is 9.52. The Hall–Kier alpha value is -0.0800. The first-order chi connectivity index (χ1) is 8.03. The molecule has 3 atom stereocenters. The Balaban J connectivity index is 1.86. The van der Waals surface area contributed by atoms with Gasteiger partial charge in [0, 0.05) is 5.54 Å². The molecule has 3 N–H and O–H groups in total. The van der Waals surface area contributed by atoms with Crippen LogP contribution in [0.3, 0.4) is 0 Å². The highest BCUT2D eigenvalue weighted by molar-refractivity contribution is 5.13. The fourth-order valence-electron chi connectivity index (χ4n) is 5.04. The van der Waals surface area contributed by atoms with Gasteiger partial charge in [0.15, 0.2) is 0 Å². The summed E-state index contributed by atoms with van der Waals surface area (Å²) in [4.78, 5) is 0. The third-order valence-electron chi connectivity index (χ3n) is 6.04. The van der Waals surface area contributed by atoms with E-state index in [0.29, 0.717) is 11.8 Å². The van der Waals surface area contributed by atoms with Crippen molar-refractivity contribution in [1.29, 1.82) is 0 Å². The molecule has 0 spiro atoms. The normalized spacial score (nSPS) is 54.9. The van der Waals surface area contributed by atoms with Crippen molar-refractivity contribution >= 4 is 0 Å². The molecule has 4 aliphatic carbocycles. The van der Waals surface area contributed by atoms with Crippen LogP contribution in [0.4, 0.5) is 0 Å². The van der Waals surface area contributed by atoms with Crippen LogP contribution in [0.1, 0.15) is 64.7 Å². The molecular formula is C15H27NO. The Labute approximate surface area is 105 Å². The van der Waals surface area contributed by atoms with Crippen LogP contribution in [0.25, 0.3) is 0 Å². The van der Waals surface area contributed by atoms with Crippen molar-refractivity contribution in [2.45, 2.75) is 75.9 Å². The fourth-order valence-corrected chi connectivity index (χ4v) is 5.04. The lowest BCUT2D eigenvalue weighted by Gasteiger charge is -2.58. The summed E-state index contributed by atoms with van der Waals surface area (Å²) >= 11 is 0. The molecule has 17 heavy (non-hydrogen) atoms. The maximum Gasteiger partial charge on any atom is 0.0831 e. The standard InChI is InChI=1S/C15H27NO/c1-11-3-2-8-14(17,9-11)15(16)10-12-4-6-13(15)7-5-12/h11-13,17H,2-10,16H2,1H3. The van der Waals surface area contributed by atoms with E-state index in [-0.39, 0.29) is 5.54 Å². The first-order valence-corrected chi connectivity index (χ1v) is 7.55. The van der Waals surface area contributed by atoms with E-state index in [1.165, 1.54) is 32.1 Å². The highest BCUT2D eigenvalue weighted by atomic mass is 16.3. The van der Waals surface area contributed by atoms with Crippen LogP contribution in [0.15, 0.2) is 0 Å². The Bertz CT molecular complexity index is 297. The van der Waals surface area contributed by atoms with Crippen molar-refractivity contribution in [1.82, 2.24) is 0 Å². The van der Waals surface area contributed by atoms with Crippen molar-refractivity contribution in [3.63, 3.8) is 0 Å². The fraction of sp³-hybridized carbons (Fsp3) is 1.00. The molecule has 0 aliphatic heterocycles. The molecule has 0 aromatic rings. The van der Waals surface area contributed by atoms with Crippen LogP contribution in [0.5, 0.6) is 0 Å². The summed E-state index contributed by atoms with van der Waals surface area (Å²) in [6.07, 6.45) is 10.6. The number of hydrogen-bond donors (Lipinski definition) is 2. The van der Waals surface area contributed by atoms with Gasteiger partial charge in [0.05, 0.1) is 5.60 Å². The second kappa shape index (κ2) is 3.96. The summed E-state index contributed by atoms with van der Waals surface area (Å²) in [5.41, 5.74) is 5.94. The summed E-state index contributed by atoms with van der Waals surface area (Å²) in [6.45, 7) is 2.27. The molecule has 0 amide bonds. The molecule has 4 aliphatic rings. The highest BCUT2D eigenvalue weighted by Crippen LogP contribution is 2.54. The van der Waals surface area contributed by atoms with E-state index in [4.69, 9.17) is 5.73 Å². The summed E-state index contributed by atoms with van der Waals surface area (Å²) < 4.78 is 0. The quantitative estimate of drug-likeness (QED) is 0.736. The van der Waals surface area contributed by atoms with Crippen LogP contribution in [0, 0.1) is 17.8 Å². The van der Waals surface area contributed by atoms with Crippen molar-refractivity contribution in [2.75, 3.05) is 0 Å². The van der Waals surface area contributed by atoms with E-state index >= 15 is 0 Å². The zero-order valence-electron chi connectivity index (χ0n) is 11.1. The minimum atomic E-state index is -0.561. The van der Waals surface area contributed by atoms with Gasteiger partial charge in [-0.15, -0.1) is 0 Å².